The van der Waals surface area contributed by atoms with E-state index in [4.69, 9.17) is 28.4 Å². The highest BCUT2D eigenvalue weighted by Gasteiger charge is 2.38. The van der Waals surface area contributed by atoms with Crippen molar-refractivity contribution in [3.63, 3.8) is 0 Å². The summed E-state index contributed by atoms with van der Waals surface area (Å²) in [5.41, 5.74) is 1.43. The molecule has 0 saturated heterocycles. The van der Waals surface area contributed by atoms with Gasteiger partial charge in [0, 0.05) is 32.1 Å². The van der Waals surface area contributed by atoms with Crippen molar-refractivity contribution in [2.75, 3.05) is 42.7 Å². The van der Waals surface area contributed by atoms with Crippen LogP contribution in [0.4, 0.5) is 0 Å². The predicted molar refractivity (Wildman–Crippen MR) is 125 cm³/mol. The van der Waals surface area contributed by atoms with Crippen LogP contribution >= 0.6 is 0 Å². The molecule has 1 aliphatic rings. The Hall–Kier alpha value is -3.08. The van der Waals surface area contributed by atoms with Gasteiger partial charge in [-0.05, 0) is 41.5 Å². The molecule has 1 amide bonds. The van der Waals surface area contributed by atoms with Crippen LogP contribution in [0, 0.1) is 0 Å². The molecule has 33 heavy (non-hydrogen) atoms. The Balaban J connectivity index is 2.05. The minimum Gasteiger partial charge on any atom is -0.495 e. The van der Waals surface area contributed by atoms with Crippen molar-refractivity contribution in [2.24, 2.45) is 0 Å². The highest BCUT2D eigenvalue weighted by molar-refractivity contribution is 7.86. The normalized spacial score (nSPS) is 16.2. The lowest BCUT2D eigenvalue weighted by Gasteiger charge is -2.34. The molecule has 0 heterocycles. The maximum absolute atomic E-state index is 12.3. The number of hydrogen-bond acceptors (Lipinski definition) is 8. The number of allylic oxidation sites excluding steroid dienone is 3. The number of ether oxygens (including phenoxy) is 6. The molecular formula is C23H29NO8S. The van der Waals surface area contributed by atoms with Gasteiger partial charge in [-0.3, -0.25) is 9.52 Å². The van der Waals surface area contributed by atoms with Gasteiger partial charge in [-0.15, -0.1) is 0 Å². The average molecular weight is 480 g/mol. The summed E-state index contributed by atoms with van der Waals surface area (Å²) in [5, 5.41) is 1.37. The Morgan fingerprint density at radius 1 is 0.939 bits per heavy atom. The molecular weight excluding hydrogens is 450 g/mol. The van der Waals surface area contributed by atoms with Crippen molar-refractivity contribution in [1.29, 1.82) is 0 Å². The molecule has 1 unspecified atom stereocenters. The third-order valence-electron chi connectivity index (χ3n) is 4.86. The van der Waals surface area contributed by atoms with E-state index in [1.807, 2.05) is 0 Å². The van der Waals surface area contributed by atoms with E-state index in [1.54, 1.807) is 36.4 Å². The van der Waals surface area contributed by atoms with E-state index in [0.29, 0.717) is 35.0 Å². The number of amides is 1. The van der Waals surface area contributed by atoms with Gasteiger partial charge in [0.2, 0.25) is 11.5 Å². The second-order valence-electron chi connectivity index (χ2n) is 6.67. The first kappa shape index (κ1) is 26.2. The third kappa shape index (κ3) is 6.47. The summed E-state index contributed by atoms with van der Waals surface area (Å²) in [7, 11) is 7.34. The summed E-state index contributed by atoms with van der Waals surface area (Å²) in [4.78, 5) is 12.2. The Kier molecular flexibility index (Phi) is 9.71. The summed E-state index contributed by atoms with van der Waals surface area (Å²) >= 11 is 0. The molecule has 0 radical (unpaired) electrons. The van der Waals surface area contributed by atoms with E-state index in [9.17, 15) is 9.00 Å². The zero-order valence-corrected chi connectivity index (χ0v) is 20.3. The zero-order chi connectivity index (χ0) is 24.4. The molecule has 0 aromatic heterocycles. The van der Waals surface area contributed by atoms with Crippen LogP contribution in [0.1, 0.15) is 12.0 Å². The van der Waals surface area contributed by atoms with Gasteiger partial charge < -0.3 is 28.4 Å². The molecule has 180 valence electrons. The van der Waals surface area contributed by atoms with Gasteiger partial charge in [0.25, 0.3) is 5.91 Å². The van der Waals surface area contributed by atoms with E-state index >= 15 is 0 Å². The SMILES string of the molecule is COC1=CC=C(/C=C/S(=O)NC(=O)/C=C/c2cc(OC)c(OC)c(OC)c2)CC1(OC)OC. The van der Waals surface area contributed by atoms with Crippen LogP contribution in [-0.2, 0) is 30.0 Å². The van der Waals surface area contributed by atoms with Gasteiger partial charge in [-0.25, -0.2) is 4.21 Å². The van der Waals surface area contributed by atoms with Gasteiger partial charge in [0.15, 0.2) is 17.3 Å². The summed E-state index contributed by atoms with van der Waals surface area (Å²) < 4.78 is 46.8. The largest absolute Gasteiger partial charge is 0.495 e. The lowest BCUT2D eigenvalue weighted by atomic mass is 9.97. The van der Waals surface area contributed by atoms with Crippen molar-refractivity contribution in [3.8, 4) is 17.2 Å². The first-order valence-electron chi connectivity index (χ1n) is 9.79. The molecule has 1 N–H and O–H groups in total. The fraction of sp³-hybridized carbons (Fsp3) is 0.348. The quantitative estimate of drug-likeness (QED) is 0.382. The molecule has 0 fully saturated rings. The van der Waals surface area contributed by atoms with Crippen molar-refractivity contribution in [2.45, 2.75) is 12.2 Å². The second-order valence-corrected chi connectivity index (χ2v) is 7.74. The minimum atomic E-state index is -1.74. The number of benzene rings is 1. The van der Waals surface area contributed by atoms with Gasteiger partial charge >= 0.3 is 0 Å². The Bertz CT molecular complexity index is 967. The first-order chi connectivity index (χ1) is 15.9. The lowest BCUT2D eigenvalue weighted by Crippen LogP contribution is -2.38. The van der Waals surface area contributed by atoms with Gasteiger partial charge in [-0.1, -0.05) is 6.08 Å². The predicted octanol–water partition coefficient (Wildman–Crippen LogP) is 2.87. The topological polar surface area (TPSA) is 102 Å². The van der Waals surface area contributed by atoms with E-state index in [-0.39, 0.29) is 0 Å². The molecule has 1 aromatic rings. The highest BCUT2D eigenvalue weighted by Crippen LogP contribution is 2.38. The standard InChI is InChI=1S/C23H29NO8S/c1-27-18-13-17(14-19(28-2)22(18)30-4)8-10-21(25)24-33(26)12-11-16-7-9-20(29-3)23(15-16,31-5)32-6/h7-14H,15H2,1-6H3,(H,24,25)/b10-8+,12-11+. The summed E-state index contributed by atoms with van der Waals surface area (Å²) in [6.07, 6.45) is 8.32. The Morgan fingerprint density at radius 3 is 2.09 bits per heavy atom. The van der Waals surface area contributed by atoms with E-state index < -0.39 is 22.7 Å². The smallest absolute Gasteiger partial charge is 0.255 e. The molecule has 0 spiro atoms. The highest BCUT2D eigenvalue weighted by atomic mass is 32.2. The van der Waals surface area contributed by atoms with Gasteiger partial charge in [0.05, 0.1) is 28.4 Å². The summed E-state index contributed by atoms with van der Waals surface area (Å²) in [6.45, 7) is 0. The second kappa shape index (κ2) is 12.2. The molecule has 1 aliphatic carbocycles. The van der Waals surface area contributed by atoms with Crippen LogP contribution in [0.5, 0.6) is 17.2 Å². The van der Waals surface area contributed by atoms with Crippen LogP contribution < -0.4 is 18.9 Å². The molecule has 0 saturated carbocycles. The van der Waals surface area contributed by atoms with Crippen molar-refractivity contribution in [1.82, 2.24) is 4.72 Å². The fourth-order valence-electron chi connectivity index (χ4n) is 3.18. The lowest BCUT2D eigenvalue weighted by molar-refractivity contribution is -0.199. The molecule has 9 nitrogen and oxygen atoms in total. The van der Waals surface area contributed by atoms with Crippen molar-refractivity contribution < 1.29 is 37.4 Å². The molecule has 1 atom stereocenters. The number of carbonyl (C=O) groups excluding carboxylic acids is 1. The number of nitrogens with one attached hydrogen (secondary N) is 1. The molecule has 2 rings (SSSR count). The van der Waals surface area contributed by atoms with Crippen LogP contribution in [0.15, 0.2) is 53.2 Å². The van der Waals surface area contributed by atoms with Crippen LogP contribution in [0.2, 0.25) is 0 Å². The summed E-state index contributed by atoms with van der Waals surface area (Å²) in [6, 6.07) is 3.38. The maximum Gasteiger partial charge on any atom is 0.255 e. The minimum absolute atomic E-state index is 0.350. The Labute approximate surface area is 196 Å². The zero-order valence-electron chi connectivity index (χ0n) is 19.5. The van der Waals surface area contributed by atoms with Crippen LogP contribution in [0.3, 0.4) is 0 Å². The Morgan fingerprint density at radius 2 is 1.58 bits per heavy atom. The molecule has 1 aromatic carbocycles. The van der Waals surface area contributed by atoms with Crippen molar-refractivity contribution >= 4 is 23.0 Å². The molecule has 0 aliphatic heterocycles. The van der Waals surface area contributed by atoms with Crippen LogP contribution in [0.25, 0.3) is 6.08 Å². The number of rotatable bonds is 11. The average Bonchev–Trinajstić information content (AvgIpc) is 2.84. The van der Waals surface area contributed by atoms with E-state index in [1.165, 1.54) is 54.1 Å². The van der Waals surface area contributed by atoms with E-state index in [0.717, 1.165) is 5.57 Å². The number of carbonyl (C=O) groups is 1. The first-order valence-corrected chi connectivity index (χ1v) is 11.0. The third-order valence-corrected chi connectivity index (χ3v) is 5.65. The maximum atomic E-state index is 12.3. The number of hydrogen-bond donors (Lipinski definition) is 1. The van der Waals surface area contributed by atoms with Gasteiger partial charge in [-0.2, -0.15) is 0 Å². The monoisotopic (exact) mass is 479 g/mol. The fourth-order valence-corrected chi connectivity index (χ4v) is 3.81. The summed E-state index contributed by atoms with van der Waals surface area (Å²) in [5.74, 6) is 0.293. The van der Waals surface area contributed by atoms with Crippen LogP contribution in [-0.4, -0.2) is 58.6 Å². The number of methoxy groups -OCH3 is 6. The molecule has 0 bridgehead atoms. The molecule has 10 heteroatoms. The van der Waals surface area contributed by atoms with E-state index in [2.05, 4.69) is 4.72 Å². The van der Waals surface area contributed by atoms with Gasteiger partial charge in [0.1, 0.15) is 11.0 Å². The van der Waals surface area contributed by atoms with Crippen molar-refractivity contribution in [3.05, 3.63) is 58.7 Å².